The summed E-state index contributed by atoms with van der Waals surface area (Å²) in [4.78, 5) is 0. The molecule has 1 heteroatoms. The molecule has 2 aromatic carbocycles. The minimum absolute atomic E-state index is 0.557. The van der Waals surface area contributed by atoms with Gasteiger partial charge in [0.15, 0.2) is 0 Å². The Bertz CT molecular complexity index is 530. The van der Waals surface area contributed by atoms with Crippen LogP contribution >= 0.6 is 0 Å². The summed E-state index contributed by atoms with van der Waals surface area (Å²) in [6, 6.07) is 15.9. The van der Waals surface area contributed by atoms with E-state index in [0.29, 0.717) is 6.04 Å². The Kier molecular flexibility index (Phi) is 5.17. The number of rotatable bonds is 7. The van der Waals surface area contributed by atoms with Crippen molar-refractivity contribution in [1.29, 1.82) is 0 Å². The first-order chi connectivity index (χ1) is 9.33. The summed E-state index contributed by atoms with van der Waals surface area (Å²) in [6.45, 7) is 3.78. The molecule has 0 bridgehead atoms. The molecule has 0 aliphatic heterocycles. The highest BCUT2D eigenvalue weighted by Crippen LogP contribution is 2.17. The molecule has 0 radical (unpaired) electrons. The van der Waals surface area contributed by atoms with Crippen LogP contribution in [0.5, 0.6) is 0 Å². The molecule has 100 valence electrons. The molecule has 0 aliphatic rings. The monoisotopic (exact) mass is 253 g/mol. The maximum atomic E-state index is 3.78. The summed E-state index contributed by atoms with van der Waals surface area (Å²) in [5, 5.41) is 6.08. The predicted octanol–water partition coefficient (Wildman–Crippen LogP) is 4.33. The topological polar surface area (TPSA) is 12.0 Å². The van der Waals surface area contributed by atoms with Gasteiger partial charge in [-0.15, -0.1) is 6.58 Å². The average Bonchev–Trinajstić information content (AvgIpc) is 2.46. The van der Waals surface area contributed by atoms with Crippen molar-refractivity contribution in [2.45, 2.75) is 31.7 Å². The van der Waals surface area contributed by atoms with Crippen LogP contribution in [-0.2, 0) is 6.42 Å². The van der Waals surface area contributed by atoms with Gasteiger partial charge < -0.3 is 5.32 Å². The highest BCUT2D eigenvalue weighted by molar-refractivity contribution is 5.82. The lowest BCUT2D eigenvalue weighted by Crippen LogP contribution is -2.27. The second-order valence-corrected chi connectivity index (χ2v) is 5.09. The molecule has 0 fully saturated rings. The average molecular weight is 253 g/mol. The van der Waals surface area contributed by atoms with E-state index >= 15 is 0 Å². The minimum Gasteiger partial charge on any atom is -0.317 e. The summed E-state index contributed by atoms with van der Waals surface area (Å²) in [5.74, 6) is 0. The molecule has 0 saturated carbocycles. The van der Waals surface area contributed by atoms with Gasteiger partial charge in [0.25, 0.3) is 0 Å². The summed E-state index contributed by atoms with van der Waals surface area (Å²) >= 11 is 0. The maximum Gasteiger partial charge on any atom is 0.0105 e. The van der Waals surface area contributed by atoms with Crippen LogP contribution in [0.25, 0.3) is 10.8 Å². The number of benzene rings is 2. The van der Waals surface area contributed by atoms with Gasteiger partial charge in [0.1, 0.15) is 0 Å². The Hall–Kier alpha value is -1.60. The van der Waals surface area contributed by atoms with E-state index in [-0.39, 0.29) is 0 Å². The summed E-state index contributed by atoms with van der Waals surface area (Å²) in [6.07, 6.45) is 6.62. The zero-order valence-corrected chi connectivity index (χ0v) is 11.7. The number of nitrogens with one attached hydrogen (secondary N) is 1. The molecule has 1 unspecified atom stereocenters. The van der Waals surface area contributed by atoms with E-state index < -0.39 is 0 Å². The maximum absolute atomic E-state index is 3.78. The predicted molar refractivity (Wildman–Crippen MR) is 84.5 cm³/mol. The normalized spacial score (nSPS) is 12.5. The van der Waals surface area contributed by atoms with Gasteiger partial charge >= 0.3 is 0 Å². The van der Waals surface area contributed by atoms with Gasteiger partial charge in [-0.3, -0.25) is 0 Å². The van der Waals surface area contributed by atoms with E-state index in [0.717, 1.165) is 12.8 Å². The molecular formula is C18H23N. The zero-order valence-electron chi connectivity index (χ0n) is 11.7. The molecule has 1 atom stereocenters. The number of likely N-dealkylation sites (N-methyl/N-ethyl adjacent to an activating group) is 1. The Morgan fingerprint density at radius 1 is 1.16 bits per heavy atom. The van der Waals surface area contributed by atoms with Gasteiger partial charge in [0.05, 0.1) is 0 Å². The van der Waals surface area contributed by atoms with Crippen molar-refractivity contribution >= 4 is 10.8 Å². The minimum atomic E-state index is 0.557. The Morgan fingerprint density at radius 2 is 1.95 bits per heavy atom. The first-order valence-electron chi connectivity index (χ1n) is 7.09. The van der Waals surface area contributed by atoms with Crippen LogP contribution in [0.2, 0.25) is 0 Å². The van der Waals surface area contributed by atoms with Gasteiger partial charge in [-0.05, 0) is 49.1 Å². The number of hydrogen-bond donors (Lipinski definition) is 1. The summed E-state index contributed by atoms with van der Waals surface area (Å²) in [5.41, 5.74) is 1.41. The third-order valence-corrected chi connectivity index (χ3v) is 3.67. The molecule has 19 heavy (non-hydrogen) atoms. The largest absolute Gasteiger partial charge is 0.317 e. The van der Waals surface area contributed by atoms with Crippen molar-refractivity contribution in [3.8, 4) is 0 Å². The lowest BCUT2D eigenvalue weighted by atomic mass is 9.98. The molecule has 0 aromatic heterocycles. The standard InChI is InChI=1S/C18H23N/c1-3-4-5-10-18(19-2)14-15-11-12-16-8-6-7-9-17(16)13-15/h3,6-9,11-13,18-19H,1,4-5,10,14H2,2H3. The van der Waals surface area contributed by atoms with Gasteiger partial charge in [-0.2, -0.15) is 0 Å². The van der Waals surface area contributed by atoms with Crippen LogP contribution in [0.15, 0.2) is 55.1 Å². The SMILES string of the molecule is C=CCCCC(Cc1ccc2ccccc2c1)NC. The first kappa shape index (κ1) is 13.8. The van der Waals surface area contributed by atoms with Crippen LogP contribution in [0.3, 0.4) is 0 Å². The second-order valence-electron chi connectivity index (χ2n) is 5.09. The molecule has 0 saturated heterocycles. The molecule has 1 nitrogen and oxygen atoms in total. The van der Waals surface area contributed by atoms with E-state index in [1.807, 2.05) is 6.08 Å². The van der Waals surface area contributed by atoms with E-state index in [9.17, 15) is 0 Å². The van der Waals surface area contributed by atoms with Crippen LogP contribution in [0.1, 0.15) is 24.8 Å². The Labute approximate surface area is 116 Å². The van der Waals surface area contributed by atoms with Gasteiger partial charge in [0, 0.05) is 6.04 Å². The fourth-order valence-corrected chi connectivity index (χ4v) is 2.51. The van der Waals surface area contributed by atoms with Crippen molar-refractivity contribution in [2.24, 2.45) is 0 Å². The van der Waals surface area contributed by atoms with Crippen molar-refractivity contribution < 1.29 is 0 Å². The summed E-state index contributed by atoms with van der Waals surface area (Å²) < 4.78 is 0. The lowest BCUT2D eigenvalue weighted by molar-refractivity contribution is 0.504. The van der Waals surface area contributed by atoms with Crippen molar-refractivity contribution in [1.82, 2.24) is 5.32 Å². The molecule has 1 N–H and O–H groups in total. The van der Waals surface area contributed by atoms with Gasteiger partial charge in [0.2, 0.25) is 0 Å². The molecule has 0 aliphatic carbocycles. The van der Waals surface area contributed by atoms with Crippen molar-refractivity contribution in [3.63, 3.8) is 0 Å². The highest BCUT2D eigenvalue weighted by Gasteiger charge is 2.07. The van der Waals surface area contributed by atoms with E-state index in [2.05, 4.69) is 61.4 Å². The number of fused-ring (bicyclic) bond motifs is 1. The number of hydrogen-bond acceptors (Lipinski definition) is 1. The summed E-state index contributed by atoms with van der Waals surface area (Å²) in [7, 11) is 2.06. The van der Waals surface area contributed by atoms with E-state index in [1.54, 1.807) is 0 Å². The quantitative estimate of drug-likeness (QED) is 0.572. The Balaban J connectivity index is 2.04. The first-order valence-corrected chi connectivity index (χ1v) is 7.09. The molecule has 2 aromatic rings. The smallest absolute Gasteiger partial charge is 0.0105 e. The van der Waals surface area contributed by atoms with Crippen LogP contribution in [-0.4, -0.2) is 13.1 Å². The lowest BCUT2D eigenvalue weighted by Gasteiger charge is -2.16. The third-order valence-electron chi connectivity index (χ3n) is 3.67. The molecule has 2 rings (SSSR count). The second kappa shape index (κ2) is 7.10. The number of allylic oxidation sites excluding steroid dienone is 1. The van der Waals surface area contributed by atoms with Crippen molar-refractivity contribution in [3.05, 3.63) is 60.7 Å². The third kappa shape index (κ3) is 3.93. The molecule has 0 amide bonds. The fourth-order valence-electron chi connectivity index (χ4n) is 2.51. The molecule has 0 heterocycles. The van der Waals surface area contributed by atoms with Crippen LogP contribution in [0, 0.1) is 0 Å². The Morgan fingerprint density at radius 3 is 2.68 bits per heavy atom. The van der Waals surface area contributed by atoms with E-state index in [1.165, 1.54) is 29.2 Å². The van der Waals surface area contributed by atoms with Gasteiger partial charge in [-0.25, -0.2) is 0 Å². The van der Waals surface area contributed by atoms with Crippen LogP contribution in [0.4, 0.5) is 0 Å². The van der Waals surface area contributed by atoms with Crippen molar-refractivity contribution in [2.75, 3.05) is 7.05 Å². The fraction of sp³-hybridized carbons (Fsp3) is 0.333. The zero-order chi connectivity index (χ0) is 13.5. The van der Waals surface area contributed by atoms with Gasteiger partial charge in [-0.1, -0.05) is 48.5 Å². The molecule has 0 spiro atoms. The molecular weight excluding hydrogens is 230 g/mol. The highest BCUT2D eigenvalue weighted by atomic mass is 14.9. The van der Waals surface area contributed by atoms with E-state index in [4.69, 9.17) is 0 Å². The number of unbranched alkanes of at least 4 members (excludes halogenated alkanes) is 1. The van der Waals surface area contributed by atoms with Crippen LogP contribution < -0.4 is 5.32 Å².